The summed E-state index contributed by atoms with van der Waals surface area (Å²) in [6.45, 7) is 25.7. The molecule has 3 aliphatic rings. The van der Waals surface area contributed by atoms with E-state index >= 15 is 0 Å². The third-order valence-electron chi connectivity index (χ3n) is 14.3. The molecule has 0 aromatic carbocycles. The van der Waals surface area contributed by atoms with E-state index in [0.717, 1.165) is 54.7 Å². The molecular formula is C63H98O8. The van der Waals surface area contributed by atoms with Gasteiger partial charge in [-0.25, -0.2) is 0 Å². The number of aliphatic hydroxyl groups excluding tert-OH is 4. The van der Waals surface area contributed by atoms with Crippen LogP contribution in [-0.2, 0) is 19.0 Å². The number of esters is 1. The molecule has 0 aromatic heterocycles. The maximum atomic E-state index is 12.6. The maximum absolute atomic E-state index is 12.6. The largest absolute Gasteiger partial charge is 0.463 e. The Morgan fingerprint density at radius 3 is 1.55 bits per heavy atom. The average molecular weight is 983 g/mol. The lowest BCUT2D eigenvalue weighted by Gasteiger charge is -2.43. The van der Waals surface area contributed by atoms with Gasteiger partial charge >= 0.3 is 5.97 Å². The number of carbonyl (C=O) groups excluding carboxylic acids is 1. The van der Waals surface area contributed by atoms with Gasteiger partial charge in [0, 0.05) is 6.42 Å². The van der Waals surface area contributed by atoms with Crippen LogP contribution in [0.5, 0.6) is 0 Å². The number of rotatable bonds is 28. The zero-order chi connectivity index (χ0) is 52.6. The zero-order valence-corrected chi connectivity index (χ0v) is 46.4. The summed E-state index contributed by atoms with van der Waals surface area (Å²) in [4.78, 5) is 12.6. The number of ether oxygens (including phenoxy) is 3. The Labute approximate surface area is 431 Å². The molecule has 0 unspecified atom stereocenters. The predicted molar refractivity (Wildman–Crippen MR) is 296 cm³/mol. The van der Waals surface area contributed by atoms with Crippen molar-refractivity contribution in [1.29, 1.82) is 0 Å². The molecule has 2 aliphatic carbocycles. The molecule has 4 N–H and O–H groups in total. The van der Waals surface area contributed by atoms with Gasteiger partial charge in [0.15, 0.2) is 6.29 Å². The van der Waals surface area contributed by atoms with E-state index in [-0.39, 0.29) is 35.6 Å². The SMILES string of the molecule is CC1=C(/C=C/C(C)=C/C=C/C(C)=C/C=C/C=C(C)/C=C/C=C(C)/C=C/C2=C(C)C[C@@H](O[C@@H]3O[C@H](COC(=O)CCCCCCCCCCCCCC(C)C)[C@@H](O)[C@H](O)[C@H]3O)CC2(C)C)C(C)(C)C[C@H](O)C1. The van der Waals surface area contributed by atoms with Gasteiger partial charge in [0.2, 0.25) is 0 Å². The van der Waals surface area contributed by atoms with E-state index in [0.29, 0.717) is 19.3 Å². The Hall–Kier alpha value is -3.63. The van der Waals surface area contributed by atoms with E-state index < -0.39 is 30.7 Å². The molecule has 1 saturated heterocycles. The van der Waals surface area contributed by atoms with E-state index in [1.54, 1.807) is 0 Å². The summed E-state index contributed by atoms with van der Waals surface area (Å²) in [5.41, 5.74) is 9.33. The van der Waals surface area contributed by atoms with Crippen molar-refractivity contribution in [2.24, 2.45) is 16.7 Å². The summed E-state index contributed by atoms with van der Waals surface area (Å²) in [6.07, 6.45) is 40.2. The van der Waals surface area contributed by atoms with Crippen molar-refractivity contribution in [2.45, 2.75) is 235 Å². The Kier molecular flexibility index (Phi) is 27.7. The molecule has 1 heterocycles. The van der Waals surface area contributed by atoms with E-state index in [2.05, 4.69) is 168 Å². The molecule has 8 heteroatoms. The number of hydrogen-bond acceptors (Lipinski definition) is 8. The van der Waals surface area contributed by atoms with Crippen LogP contribution >= 0.6 is 0 Å². The molecule has 0 amide bonds. The lowest BCUT2D eigenvalue weighted by Crippen LogP contribution is -2.60. The van der Waals surface area contributed by atoms with Crippen LogP contribution < -0.4 is 0 Å². The van der Waals surface area contributed by atoms with E-state index in [4.69, 9.17) is 14.2 Å². The third-order valence-corrected chi connectivity index (χ3v) is 14.3. The van der Waals surface area contributed by atoms with Crippen molar-refractivity contribution in [3.8, 4) is 0 Å². The standard InChI is InChI=1S/C63H98O8/c1-45(2)28-22-20-18-16-14-13-15-17-19-21-23-35-57(65)69-44-56-58(66)59(67)60(68)61(71-56)70-53-41-51(8)55(63(11,12)43-53)39-37-49(6)34-27-32-47(4)30-25-24-29-46(3)31-26-33-48(5)36-38-54-50(7)40-52(64)42-62(54,9)10/h24-27,29-34,36-39,45,52-53,56,58-61,64,66-68H,13-23,28,35,40-44H2,1-12H3/b25-24+,31-26+,32-27+,38-36+,39-37+,46-29+,47-30+,48-33+,49-34+/t52-,53-,56-,58-,59+,60-,61-/m1/s1. The van der Waals surface area contributed by atoms with Crippen molar-refractivity contribution < 1.29 is 39.4 Å². The molecule has 1 aliphatic heterocycles. The molecule has 398 valence electrons. The lowest BCUT2D eigenvalue weighted by molar-refractivity contribution is -0.313. The van der Waals surface area contributed by atoms with Gasteiger partial charge in [0.1, 0.15) is 31.0 Å². The van der Waals surface area contributed by atoms with E-state index in [1.807, 2.05) is 0 Å². The first-order valence-electron chi connectivity index (χ1n) is 27.3. The van der Waals surface area contributed by atoms with Gasteiger partial charge in [0.25, 0.3) is 0 Å². The molecule has 0 saturated carbocycles. The van der Waals surface area contributed by atoms with Crippen LogP contribution in [0.1, 0.15) is 192 Å². The van der Waals surface area contributed by atoms with Gasteiger partial charge < -0.3 is 34.6 Å². The normalized spacial score (nSPS) is 26.2. The van der Waals surface area contributed by atoms with E-state index in [1.165, 1.54) is 85.7 Å². The molecule has 8 nitrogen and oxygen atoms in total. The van der Waals surface area contributed by atoms with Crippen molar-refractivity contribution in [2.75, 3.05) is 6.61 Å². The molecule has 7 atom stereocenters. The van der Waals surface area contributed by atoms with Crippen LogP contribution in [0.25, 0.3) is 0 Å². The van der Waals surface area contributed by atoms with Gasteiger partial charge in [-0.05, 0) is 102 Å². The van der Waals surface area contributed by atoms with Crippen LogP contribution in [-0.4, -0.2) is 75.9 Å². The van der Waals surface area contributed by atoms with Gasteiger partial charge in [-0.3, -0.25) is 4.79 Å². The van der Waals surface area contributed by atoms with Crippen LogP contribution in [0.3, 0.4) is 0 Å². The molecule has 3 rings (SSSR count). The number of allylic oxidation sites excluding steroid dienone is 20. The predicted octanol–water partition coefficient (Wildman–Crippen LogP) is 14.6. The highest BCUT2D eigenvalue weighted by molar-refractivity contribution is 5.69. The highest BCUT2D eigenvalue weighted by Crippen LogP contribution is 2.43. The number of hydrogen-bond donors (Lipinski definition) is 4. The summed E-state index contributed by atoms with van der Waals surface area (Å²) >= 11 is 0. The molecule has 0 aromatic rings. The van der Waals surface area contributed by atoms with Crippen molar-refractivity contribution in [3.63, 3.8) is 0 Å². The fraction of sp³-hybridized carbons (Fsp3) is 0.635. The molecule has 0 spiro atoms. The Morgan fingerprint density at radius 2 is 1.06 bits per heavy atom. The van der Waals surface area contributed by atoms with Gasteiger partial charge in [-0.2, -0.15) is 0 Å². The first-order chi connectivity index (χ1) is 33.6. The summed E-state index contributed by atoms with van der Waals surface area (Å²) in [6, 6.07) is 0. The van der Waals surface area contributed by atoms with Crippen LogP contribution in [0.4, 0.5) is 0 Å². The Morgan fingerprint density at radius 1 is 0.606 bits per heavy atom. The lowest BCUT2D eigenvalue weighted by atomic mass is 9.71. The van der Waals surface area contributed by atoms with Crippen LogP contribution in [0.2, 0.25) is 0 Å². The number of aliphatic hydroxyl groups is 4. The molecule has 1 fully saturated rings. The zero-order valence-electron chi connectivity index (χ0n) is 46.4. The first-order valence-corrected chi connectivity index (χ1v) is 27.3. The van der Waals surface area contributed by atoms with Gasteiger partial charge in [-0.15, -0.1) is 0 Å². The molecule has 71 heavy (non-hydrogen) atoms. The summed E-state index contributed by atoms with van der Waals surface area (Å²) in [7, 11) is 0. The molecular weight excluding hydrogens is 885 g/mol. The third kappa shape index (κ3) is 23.4. The Balaban J connectivity index is 1.42. The second-order valence-corrected chi connectivity index (χ2v) is 22.8. The topological polar surface area (TPSA) is 126 Å². The van der Waals surface area contributed by atoms with Crippen molar-refractivity contribution >= 4 is 5.97 Å². The first kappa shape index (κ1) is 61.7. The van der Waals surface area contributed by atoms with Crippen LogP contribution in [0, 0.1) is 16.7 Å². The average Bonchev–Trinajstić information content (AvgIpc) is 3.27. The van der Waals surface area contributed by atoms with Crippen LogP contribution in [0.15, 0.2) is 130 Å². The van der Waals surface area contributed by atoms with Gasteiger partial charge in [0.05, 0.1) is 12.2 Å². The smallest absolute Gasteiger partial charge is 0.305 e. The number of unbranched alkanes of at least 4 members (excludes halogenated alkanes) is 10. The summed E-state index contributed by atoms with van der Waals surface area (Å²) in [5, 5.41) is 42.5. The molecule has 0 radical (unpaired) electrons. The fourth-order valence-corrected chi connectivity index (χ4v) is 10.2. The highest BCUT2D eigenvalue weighted by Gasteiger charge is 2.46. The minimum Gasteiger partial charge on any atom is -0.463 e. The van der Waals surface area contributed by atoms with Gasteiger partial charge in [-0.1, -0.05) is 231 Å². The fourth-order valence-electron chi connectivity index (χ4n) is 10.2. The number of carbonyl (C=O) groups is 1. The monoisotopic (exact) mass is 983 g/mol. The second-order valence-electron chi connectivity index (χ2n) is 22.8. The second kappa shape index (κ2) is 31.8. The summed E-state index contributed by atoms with van der Waals surface area (Å²) < 4.78 is 17.8. The Bertz CT molecular complexity index is 1990. The van der Waals surface area contributed by atoms with Crippen molar-refractivity contribution in [1.82, 2.24) is 0 Å². The maximum Gasteiger partial charge on any atom is 0.305 e. The quantitative estimate of drug-likeness (QED) is 0.0347. The highest BCUT2D eigenvalue weighted by atomic mass is 16.7. The minimum absolute atomic E-state index is 0.0231. The minimum atomic E-state index is -1.50. The summed E-state index contributed by atoms with van der Waals surface area (Å²) in [5.74, 6) is 0.453. The molecule has 0 bridgehead atoms. The van der Waals surface area contributed by atoms with E-state index in [9.17, 15) is 25.2 Å². The van der Waals surface area contributed by atoms with Crippen molar-refractivity contribution in [3.05, 3.63) is 130 Å².